The van der Waals surface area contributed by atoms with Crippen LogP contribution in [-0.4, -0.2) is 44.2 Å². The minimum Gasteiger partial charge on any atom is -0.497 e. The second-order valence-corrected chi connectivity index (χ2v) is 7.45. The summed E-state index contributed by atoms with van der Waals surface area (Å²) < 4.78 is 16.4. The molecule has 0 saturated carbocycles. The van der Waals surface area contributed by atoms with Gasteiger partial charge in [-0.2, -0.15) is 0 Å². The Morgan fingerprint density at radius 2 is 1.90 bits per heavy atom. The zero-order chi connectivity index (χ0) is 20.9. The number of likely N-dealkylation sites (tertiary alicyclic amines) is 1. The average molecular weight is 406 g/mol. The monoisotopic (exact) mass is 406 g/mol. The molecule has 1 aliphatic heterocycles. The van der Waals surface area contributed by atoms with Crippen molar-refractivity contribution in [1.82, 2.24) is 10.2 Å². The second-order valence-electron chi connectivity index (χ2n) is 7.45. The van der Waals surface area contributed by atoms with Crippen molar-refractivity contribution in [1.29, 1.82) is 0 Å². The zero-order valence-corrected chi connectivity index (χ0v) is 17.2. The molecule has 0 radical (unpaired) electrons. The van der Waals surface area contributed by atoms with Crippen LogP contribution in [0.3, 0.4) is 0 Å². The number of methoxy groups -OCH3 is 2. The predicted molar refractivity (Wildman–Crippen MR) is 114 cm³/mol. The lowest BCUT2D eigenvalue weighted by Crippen LogP contribution is -2.39. The third-order valence-corrected chi connectivity index (χ3v) is 5.54. The van der Waals surface area contributed by atoms with E-state index in [0.29, 0.717) is 5.76 Å². The Kier molecular flexibility index (Phi) is 6.05. The van der Waals surface area contributed by atoms with Crippen molar-refractivity contribution in [3.05, 3.63) is 83.8 Å². The smallest absolute Gasteiger partial charge is 0.287 e. The molecule has 0 unspecified atom stereocenters. The molecule has 0 aliphatic carbocycles. The van der Waals surface area contributed by atoms with Gasteiger partial charge in [-0.05, 0) is 35.9 Å². The van der Waals surface area contributed by atoms with Crippen molar-refractivity contribution in [2.45, 2.75) is 18.5 Å². The van der Waals surface area contributed by atoms with Crippen LogP contribution in [-0.2, 0) is 6.54 Å². The van der Waals surface area contributed by atoms with Crippen molar-refractivity contribution in [2.75, 3.05) is 27.3 Å². The Labute approximate surface area is 176 Å². The molecule has 0 bridgehead atoms. The number of carbonyl (C=O) groups excluding carboxylic acids is 1. The van der Waals surface area contributed by atoms with E-state index < -0.39 is 0 Å². The molecular weight excluding hydrogens is 380 g/mol. The highest BCUT2D eigenvalue weighted by molar-refractivity contribution is 5.91. The first-order valence-corrected chi connectivity index (χ1v) is 10.0. The third kappa shape index (κ3) is 4.33. The molecule has 6 heteroatoms. The largest absolute Gasteiger partial charge is 0.497 e. The number of nitrogens with zero attached hydrogens (tertiary/aromatic N) is 1. The summed E-state index contributed by atoms with van der Waals surface area (Å²) >= 11 is 0. The summed E-state index contributed by atoms with van der Waals surface area (Å²) in [7, 11) is 3.32. The van der Waals surface area contributed by atoms with E-state index in [1.165, 1.54) is 11.8 Å². The number of benzene rings is 2. The fourth-order valence-electron chi connectivity index (χ4n) is 4.09. The van der Waals surface area contributed by atoms with Crippen molar-refractivity contribution in [3.8, 4) is 11.5 Å². The van der Waals surface area contributed by atoms with E-state index in [1.54, 1.807) is 26.4 Å². The molecule has 30 heavy (non-hydrogen) atoms. The SMILES string of the molecule is COc1ccc(OC)c([C@@H]2CN(Cc3ccccc3)C[C@H]2NC(=O)c2ccco2)c1. The predicted octanol–water partition coefficient (Wildman–Crippen LogP) is 3.69. The molecule has 1 N–H and O–H groups in total. The number of furan rings is 1. The number of hydrogen-bond acceptors (Lipinski definition) is 5. The van der Waals surface area contributed by atoms with Gasteiger partial charge in [0.2, 0.25) is 0 Å². The molecule has 1 aliphatic rings. The highest BCUT2D eigenvalue weighted by Gasteiger charge is 2.37. The van der Waals surface area contributed by atoms with Crippen molar-refractivity contribution < 1.29 is 18.7 Å². The molecule has 3 aromatic rings. The first-order valence-electron chi connectivity index (χ1n) is 10.0. The van der Waals surface area contributed by atoms with Crippen LogP contribution in [0.25, 0.3) is 0 Å². The maximum Gasteiger partial charge on any atom is 0.287 e. The first-order chi connectivity index (χ1) is 14.7. The zero-order valence-electron chi connectivity index (χ0n) is 17.2. The maximum absolute atomic E-state index is 12.7. The molecule has 4 rings (SSSR count). The Bertz CT molecular complexity index is 972. The Morgan fingerprint density at radius 1 is 1.07 bits per heavy atom. The number of rotatable bonds is 7. The van der Waals surface area contributed by atoms with E-state index in [9.17, 15) is 4.79 Å². The summed E-state index contributed by atoms with van der Waals surface area (Å²) in [6.07, 6.45) is 1.51. The van der Waals surface area contributed by atoms with Gasteiger partial charge in [0.15, 0.2) is 5.76 Å². The minimum atomic E-state index is -0.210. The van der Waals surface area contributed by atoms with Crippen LogP contribution in [0.15, 0.2) is 71.3 Å². The van der Waals surface area contributed by atoms with Crippen molar-refractivity contribution in [3.63, 3.8) is 0 Å². The standard InChI is InChI=1S/C24H26N2O4/c1-28-18-10-11-22(29-2)19(13-18)20-15-26(14-17-7-4-3-5-8-17)16-21(20)25-24(27)23-9-6-12-30-23/h3-13,20-21H,14-16H2,1-2H3,(H,25,27)/t20-,21+/m0/s1. The van der Waals surface area contributed by atoms with E-state index in [1.807, 2.05) is 36.4 Å². The van der Waals surface area contributed by atoms with Crippen molar-refractivity contribution >= 4 is 5.91 Å². The van der Waals surface area contributed by atoms with Gasteiger partial charge in [-0.25, -0.2) is 0 Å². The molecule has 6 nitrogen and oxygen atoms in total. The highest BCUT2D eigenvalue weighted by Crippen LogP contribution is 2.37. The number of carbonyl (C=O) groups is 1. The van der Waals surface area contributed by atoms with Gasteiger partial charge in [-0.1, -0.05) is 30.3 Å². The van der Waals surface area contributed by atoms with Crippen LogP contribution in [0.4, 0.5) is 0 Å². The lowest BCUT2D eigenvalue weighted by molar-refractivity contribution is 0.0906. The number of amides is 1. The molecule has 2 aromatic carbocycles. The summed E-state index contributed by atoms with van der Waals surface area (Å²) in [5, 5.41) is 3.16. The van der Waals surface area contributed by atoms with Gasteiger partial charge >= 0.3 is 0 Å². The molecule has 1 fully saturated rings. The van der Waals surface area contributed by atoms with E-state index in [4.69, 9.17) is 13.9 Å². The molecular formula is C24H26N2O4. The van der Waals surface area contributed by atoms with E-state index >= 15 is 0 Å². The Balaban J connectivity index is 1.61. The maximum atomic E-state index is 12.7. The molecule has 1 amide bonds. The van der Waals surface area contributed by atoms with Gasteiger partial charge < -0.3 is 19.2 Å². The van der Waals surface area contributed by atoms with Gasteiger partial charge in [-0.3, -0.25) is 9.69 Å². The molecule has 2 heterocycles. The average Bonchev–Trinajstić information content (AvgIpc) is 3.44. The van der Waals surface area contributed by atoms with Crippen LogP contribution in [0, 0.1) is 0 Å². The van der Waals surface area contributed by atoms with E-state index in [-0.39, 0.29) is 17.9 Å². The van der Waals surface area contributed by atoms with E-state index in [2.05, 4.69) is 22.3 Å². The van der Waals surface area contributed by atoms with Gasteiger partial charge in [0.25, 0.3) is 5.91 Å². The van der Waals surface area contributed by atoms with E-state index in [0.717, 1.165) is 36.7 Å². The van der Waals surface area contributed by atoms with Crippen LogP contribution in [0.5, 0.6) is 11.5 Å². The lowest BCUT2D eigenvalue weighted by Gasteiger charge is -2.22. The summed E-state index contributed by atoms with van der Waals surface area (Å²) in [4.78, 5) is 15.1. The normalized spacial score (nSPS) is 18.9. The first kappa shape index (κ1) is 20.0. The quantitative estimate of drug-likeness (QED) is 0.648. The van der Waals surface area contributed by atoms with Gasteiger partial charge in [0.1, 0.15) is 11.5 Å². The van der Waals surface area contributed by atoms with Crippen LogP contribution < -0.4 is 14.8 Å². The number of hydrogen-bond donors (Lipinski definition) is 1. The summed E-state index contributed by atoms with van der Waals surface area (Å²) in [5.41, 5.74) is 2.27. The van der Waals surface area contributed by atoms with Gasteiger partial charge in [0, 0.05) is 31.1 Å². The number of nitrogens with one attached hydrogen (secondary N) is 1. The summed E-state index contributed by atoms with van der Waals surface area (Å²) in [5.74, 6) is 1.71. The fraction of sp³-hybridized carbons (Fsp3) is 0.292. The molecule has 1 saturated heterocycles. The third-order valence-electron chi connectivity index (χ3n) is 5.54. The molecule has 156 valence electrons. The lowest BCUT2D eigenvalue weighted by atomic mass is 9.93. The highest BCUT2D eigenvalue weighted by atomic mass is 16.5. The van der Waals surface area contributed by atoms with Crippen molar-refractivity contribution in [2.24, 2.45) is 0 Å². The Hall–Kier alpha value is -3.25. The fourth-order valence-corrected chi connectivity index (χ4v) is 4.09. The molecule has 1 aromatic heterocycles. The number of ether oxygens (including phenoxy) is 2. The summed E-state index contributed by atoms with van der Waals surface area (Å²) in [6, 6.07) is 19.5. The van der Waals surface area contributed by atoms with Gasteiger partial charge in [-0.15, -0.1) is 0 Å². The van der Waals surface area contributed by atoms with Crippen LogP contribution in [0.1, 0.15) is 27.6 Å². The van der Waals surface area contributed by atoms with Crippen LogP contribution >= 0.6 is 0 Å². The molecule has 2 atom stereocenters. The summed E-state index contributed by atoms with van der Waals surface area (Å²) in [6.45, 7) is 2.34. The Morgan fingerprint density at radius 3 is 2.60 bits per heavy atom. The molecule has 0 spiro atoms. The van der Waals surface area contributed by atoms with Gasteiger partial charge in [0.05, 0.1) is 26.5 Å². The minimum absolute atomic E-state index is 0.0534. The van der Waals surface area contributed by atoms with Crippen LogP contribution in [0.2, 0.25) is 0 Å². The second kappa shape index (κ2) is 9.05. The topological polar surface area (TPSA) is 63.9 Å².